The van der Waals surface area contributed by atoms with Gasteiger partial charge in [-0.05, 0) is 51.8 Å². The zero-order valence-corrected chi connectivity index (χ0v) is 19.5. The lowest BCUT2D eigenvalue weighted by atomic mass is 9.78. The van der Waals surface area contributed by atoms with E-state index in [0.717, 1.165) is 33.5 Å². The molecule has 0 saturated carbocycles. The van der Waals surface area contributed by atoms with Gasteiger partial charge in [0.25, 0.3) is 0 Å². The molecular formula is C26H28N2O4. The Labute approximate surface area is 188 Å². The molecule has 0 N–H and O–H groups in total. The number of methoxy groups -OCH3 is 2. The number of aliphatic imine (C=N–C) groups is 1. The van der Waals surface area contributed by atoms with Crippen LogP contribution in [-0.4, -0.2) is 37.0 Å². The zero-order chi connectivity index (χ0) is 23.3. The number of hydrogen-bond donors (Lipinski definition) is 0. The number of carbonyl (C=O) groups is 1. The number of rotatable bonds is 4. The first kappa shape index (κ1) is 21.9. The van der Waals surface area contributed by atoms with E-state index in [2.05, 4.69) is 19.9 Å². The lowest BCUT2D eigenvalue weighted by molar-refractivity contribution is 0.0600. The van der Waals surface area contributed by atoms with E-state index < -0.39 is 11.6 Å². The Balaban J connectivity index is 2.05. The van der Waals surface area contributed by atoms with Gasteiger partial charge in [-0.25, -0.2) is 4.79 Å². The Hall–Kier alpha value is -3.33. The molecule has 2 aliphatic heterocycles. The fraction of sp³-hybridized carbons (Fsp3) is 0.423. The second-order valence-electron chi connectivity index (χ2n) is 9.57. The maximum absolute atomic E-state index is 12.2. The second kappa shape index (κ2) is 7.67. The van der Waals surface area contributed by atoms with Gasteiger partial charge in [-0.1, -0.05) is 12.1 Å². The molecule has 0 bridgehead atoms. The predicted molar refractivity (Wildman–Crippen MR) is 122 cm³/mol. The van der Waals surface area contributed by atoms with Crippen molar-refractivity contribution in [3.63, 3.8) is 0 Å². The average molecular weight is 433 g/mol. The number of nitrogens with zero attached hydrogens (tertiary/aromatic N) is 2. The molecule has 32 heavy (non-hydrogen) atoms. The van der Waals surface area contributed by atoms with Crippen molar-refractivity contribution in [1.82, 2.24) is 0 Å². The molecule has 2 aliphatic rings. The van der Waals surface area contributed by atoms with E-state index in [9.17, 15) is 10.1 Å². The Morgan fingerprint density at radius 2 is 1.94 bits per heavy atom. The number of nitriles is 1. The molecule has 4 rings (SSSR count). The number of fused-ring (bicyclic) bond motifs is 3. The molecule has 0 amide bonds. The van der Waals surface area contributed by atoms with Crippen molar-refractivity contribution in [2.24, 2.45) is 4.99 Å². The third-order valence-corrected chi connectivity index (χ3v) is 5.98. The summed E-state index contributed by atoms with van der Waals surface area (Å²) in [6.45, 7) is 8.25. The van der Waals surface area contributed by atoms with Crippen LogP contribution in [0.1, 0.15) is 65.9 Å². The number of esters is 1. The minimum absolute atomic E-state index is 0.216. The molecule has 0 atom stereocenters. The third kappa shape index (κ3) is 3.62. The third-order valence-electron chi connectivity index (χ3n) is 5.98. The molecule has 0 saturated heterocycles. The molecule has 0 aromatic heterocycles. The summed E-state index contributed by atoms with van der Waals surface area (Å²) in [4.78, 5) is 17.3. The van der Waals surface area contributed by atoms with E-state index in [-0.39, 0.29) is 12.0 Å². The van der Waals surface area contributed by atoms with Crippen LogP contribution in [0.5, 0.6) is 11.5 Å². The van der Waals surface area contributed by atoms with E-state index in [0.29, 0.717) is 29.9 Å². The van der Waals surface area contributed by atoms with Gasteiger partial charge in [-0.2, -0.15) is 5.26 Å². The van der Waals surface area contributed by atoms with E-state index in [1.165, 1.54) is 7.11 Å². The fourth-order valence-electron chi connectivity index (χ4n) is 4.79. The van der Waals surface area contributed by atoms with Gasteiger partial charge < -0.3 is 14.2 Å². The van der Waals surface area contributed by atoms with Crippen LogP contribution in [0.4, 0.5) is 0 Å². The van der Waals surface area contributed by atoms with Gasteiger partial charge in [0.2, 0.25) is 0 Å². The molecule has 2 heterocycles. The van der Waals surface area contributed by atoms with Gasteiger partial charge in [0, 0.05) is 28.7 Å². The van der Waals surface area contributed by atoms with Crippen LogP contribution < -0.4 is 9.47 Å². The van der Waals surface area contributed by atoms with Crippen molar-refractivity contribution in [2.75, 3.05) is 14.2 Å². The van der Waals surface area contributed by atoms with Gasteiger partial charge in [0.05, 0.1) is 43.5 Å². The Morgan fingerprint density at radius 1 is 1.19 bits per heavy atom. The van der Waals surface area contributed by atoms with Crippen LogP contribution in [0.2, 0.25) is 0 Å². The largest absolute Gasteiger partial charge is 0.493 e. The molecule has 6 heteroatoms. The molecule has 0 unspecified atom stereocenters. The minimum atomic E-state index is -0.402. The molecule has 0 radical (unpaired) electrons. The van der Waals surface area contributed by atoms with Crippen LogP contribution in [0, 0.1) is 11.3 Å². The highest BCUT2D eigenvalue weighted by Crippen LogP contribution is 2.50. The van der Waals surface area contributed by atoms with Crippen LogP contribution in [0.3, 0.4) is 0 Å². The van der Waals surface area contributed by atoms with Crippen molar-refractivity contribution >= 4 is 11.7 Å². The maximum atomic E-state index is 12.2. The monoisotopic (exact) mass is 432 g/mol. The van der Waals surface area contributed by atoms with Crippen LogP contribution >= 0.6 is 0 Å². The normalized spacial score (nSPS) is 17.3. The van der Waals surface area contributed by atoms with Crippen molar-refractivity contribution < 1.29 is 19.0 Å². The van der Waals surface area contributed by atoms with Gasteiger partial charge in [-0.3, -0.25) is 4.99 Å². The van der Waals surface area contributed by atoms with Gasteiger partial charge in [0.1, 0.15) is 5.60 Å². The van der Waals surface area contributed by atoms with Crippen molar-refractivity contribution in [3.05, 3.63) is 57.6 Å². The highest BCUT2D eigenvalue weighted by Gasteiger charge is 2.41. The summed E-state index contributed by atoms with van der Waals surface area (Å²) in [6, 6.07) is 9.64. The first-order valence-corrected chi connectivity index (χ1v) is 10.7. The summed E-state index contributed by atoms with van der Waals surface area (Å²) in [7, 11) is 3.00. The topological polar surface area (TPSA) is 80.9 Å². The summed E-state index contributed by atoms with van der Waals surface area (Å²) < 4.78 is 17.0. The number of carbonyl (C=O) groups excluding carboxylic acids is 1. The summed E-state index contributed by atoms with van der Waals surface area (Å²) in [5.74, 6) is 0.946. The van der Waals surface area contributed by atoms with E-state index in [1.807, 2.05) is 32.0 Å². The molecule has 166 valence electrons. The van der Waals surface area contributed by atoms with Gasteiger partial charge >= 0.3 is 5.97 Å². The first-order valence-electron chi connectivity index (χ1n) is 10.7. The molecule has 0 spiro atoms. The van der Waals surface area contributed by atoms with E-state index >= 15 is 0 Å². The smallest absolute Gasteiger partial charge is 0.337 e. The van der Waals surface area contributed by atoms with Crippen molar-refractivity contribution in [2.45, 2.75) is 58.1 Å². The van der Waals surface area contributed by atoms with Crippen LogP contribution in [0.25, 0.3) is 0 Å². The molecular weight excluding hydrogens is 404 g/mol. The highest BCUT2D eigenvalue weighted by atomic mass is 16.5. The zero-order valence-electron chi connectivity index (χ0n) is 19.5. The fourth-order valence-corrected chi connectivity index (χ4v) is 4.79. The maximum Gasteiger partial charge on any atom is 0.337 e. The molecule has 0 aliphatic carbocycles. The minimum Gasteiger partial charge on any atom is -0.493 e. The molecule has 2 aromatic rings. The summed E-state index contributed by atoms with van der Waals surface area (Å²) >= 11 is 0. The number of benzene rings is 2. The van der Waals surface area contributed by atoms with E-state index in [4.69, 9.17) is 19.2 Å². The van der Waals surface area contributed by atoms with Crippen LogP contribution in [0.15, 0.2) is 29.3 Å². The SMILES string of the molecule is COC(=O)c1cccc(C2=NC(C)(C)Cc3c(CC#N)c(OC)c4c(c32)CC(C)(C)O4)c1. The highest BCUT2D eigenvalue weighted by molar-refractivity contribution is 6.17. The Bertz CT molecular complexity index is 1190. The molecule has 0 fully saturated rings. The summed E-state index contributed by atoms with van der Waals surface area (Å²) in [5.41, 5.74) is 5.29. The quantitative estimate of drug-likeness (QED) is 0.668. The molecule has 2 aromatic carbocycles. The summed E-state index contributed by atoms with van der Waals surface area (Å²) in [6.07, 6.45) is 1.60. The number of hydrogen-bond acceptors (Lipinski definition) is 6. The summed E-state index contributed by atoms with van der Waals surface area (Å²) in [5, 5.41) is 9.60. The lowest BCUT2D eigenvalue weighted by Gasteiger charge is -2.33. The standard InChI is InChI=1S/C26H28N2O4/c1-25(2)13-18-17(10-11-27)22(30-5)23-19(14-26(3,4)32-23)20(18)21(28-25)15-8-7-9-16(12-15)24(29)31-6/h7-9,12H,10,13-14H2,1-6H3. The van der Waals surface area contributed by atoms with Crippen molar-refractivity contribution in [1.29, 1.82) is 5.26 Å². The Kier molecular flexibility index (Phi) is 5.24. The average Bonchev–Trinajstić information content (AvgIpc) is 3.07. The first-order chi connectivity index (χ1) is 15.1. The van der Waals surface area contributed by atoms with Crippen molar-refractivity contribution in [3.8, 4) is 17.6 Å². The lowest BCUT2D eigenvalue weighted by Crippen LogP contribution is -2.31. The van der Waals surface area contributed by atoms with Gasteiger partial charge in [0.15, 0.2) is 11.5 Å². The van der Waals surface area contributed by atoms with Crippen LogP contribution in [-0.2, 0) is 24.0 Å². The number of ether oxygens (including phenoxy) is 3. The van der Waals surface area contributed by atoms with Gasteiger partial charge in [-0.15, -0.1) is 0 Å². The molecule has 6 nitrogen and oxygen atoms in total. The predicted octanol–water partition coefficient (Wildman–Crippen LogP) is 4.43. The Morgan fingerprint density at radius 3 is 2.59 bits per heavy atom. The van der Waals surface area contributed by atoms with E-state index in [1.54, 1.807) is 13.2 Å². The second-order valence-corrected chi connectivity index (χ2v) is 9.57.